The number of carbonyl (C=O) groups excluding carboxylic acids is 1. The van der Waals surface area contributed by atoms with Gasteiger partial charge in [-0.25, -0.2) is 4.21 Å². The van der Waals surface area contributed by atoms with Gasteiger partial charge < -0.3 is 19.6 Å². The molecule has 1 unspecified atom stereocenters. The van der Waals surface area contributed by atoms with Gasteiger partial charge in [0, 0.05) is 40.9 Å². The number of benzene rings is 2. The fraction of sp³-hybridized carbons (Fsp3) is 0.650. The second-order valence-electron chi connectivity index (χ2n) is 16.2. The molecule has 2 aromatic carbocycles. The summed E-state index contributed by atoms with van der Waals surface area (Å²) in [6, 6.07) is 12.0. The number of rotatable bonds is 3. The Balaban J connectivity index is 1.27. The minimum absolute atomic E-state index is 0.0853. The van der Waals surface area contributed by atoms with Crippen LogP contribution < -0.4 is 14.4 Å². The molecular formula is C40H56ClN3O4S. The first-order chi connectivity index (χ1) is 23.5. The van der Waals surface area contributed by atoms with Crippen LogP contribution in [-0.4, -0.2) is 76.2 Å². The highest BCUT2D eigenvalue weighted by Crippen LogP contribution is 2.50. The van der Waals surface area contributed by atoms with Crippen molar-refractivity contribution in [1.82, 2.24) is 9.62 Å². The molecule has 1 spiro atoms. The van der Waals surface area contributed by atoms with Gasteiger partial charge in [0.15, 0.2) is 0 Å². The van der Waals surface area contributed by atoms with Gasteiger partial charge >= 0.3 is 0 Å². The number of nitrogens with one attached hydrogen (secondary N) is 1. The Morgan fingerprint density at radius 2 is 1.86 bits per heavy atom. The van der Waals surface area contributed by atoms with Crippen molar-refractivity contribution >= 4 is 38.8 Å². The summed E-state index contributed by atoms with van der Waals surface area (Å²) >= 11 is 6.49. The van der Waals surface area contributed by atoms with Crippen LogP contribution in [0, 0.1) is 17.8 Å². The third-order valence-electron chi connectivity index (χ3n) is 13.1. The van der Waals surface area contributed by atoms with E-state index in [9.17, 15) is 14.1 Å². The van der Waals surface area contributed by atoms with Gasteiger partial charge in [0.05, 0.1) is 27.6 Å². The third kappa shape index (κ3) is 7.14. The molecule has 268 valence electrons. The summed E-state index contributed by atoms with van der Waals surface area (Å²) in [5.41, 5.74) is 2.99. The maximum atomic E-state index is 13.9. The van der Waals surface area contributed by atoms with Gasteiger partial charge in [0.2, 0.25) is 0 Å². The number of piperidine rings is 1. The Morgan fingerprint density at radius 3 is 2.63 bits per heavy atom. The van der Waals surface area contributed by atoms with Crippen LogP contribution in [0.25, 0.3) is 0 Å². The molecule has 0 aromatic heterocycles. The Bertz CT molecular complexity index is 1640. The summed E-state index contributed by atoms with van der Waals surface area (Å²) in [4.78, 5) is 18.7. The molecule has 3 aliphatic heterocycles. The fourth-order valence-electron chi connectivity index (χ4n) is 9.71. The van der Waals surface area contributed by atoms with Crippen LogP contribution in [0.4, 0.5) is 5.69 Å². The number of likely N-dealkylation sites (tertiary alicyclic amines) is 1. The number of aliphatic hydroxyl groups is 1. The Kier molecular flexibility index (Phi) is 10.1. The zero-order chi connectivity index (χ0) is 34.4. The monoisotopic (exact) mass is 709 g/mol. The summed E-state index contributed by atoms with van der Waals surface area (Å²) in [5.74, 6) is 5.09. The SMILES string of the molecule is C=S1(=O)NC(=O)c2ccc3c(c2)N(C[C@@H]2CC[C@H]2[C@@](O)(CCN2CCCCC2)CCC[C@H](C)[C@H]1C)C[C@@]1(CCCc2cc(Cl)ccc21)CO3. The van der Waals surface area contributed by atoms with E-state index in [1.54, 1.807) is 6.07 Å². The van der Waals surface area contributed by atoms with Gasteiger partial charge in [-0.05, 0) is 149 Å². The van der Waals surface area contributed by atoms with Gasteiger partial charge in [0.1, 0.15) is 5.75 Å². The van der Waals surface area contributed by atoms with Gasteiger partial charge in [-0.2, -0.15) is 0 Å². The average Bonchev–Trinajstić information content (AvgIpc) is 3.22. The standard InChI is InChI=1S/C40H56ClN3O4S/c1-28-9-7-18-40(46,19-22-43-20-5-4-6-21-43)35-14-11-32(35)25-44-26-39(17-8-10-30-23-33(41)13-15-34(30)39)27-48-37-16-12-31(24-36(37)44)38(45)42-49(3,47)29(28)2/h12-13,15-16,23-24,28-29,32,35,46H,3-11,14,17-22,25-27H2,1-2H3,(H,42,45,47)/t28-,29+,32-,35+,39-,40-,49?/m0/s1. The molecule has 7 atom stereocenters. The Hall–Kier alpha value is -2.26. The highest BCUT2D eigenvalue weighted by Gasteiger charge is 2.48. The molecule has 1 amide bonds. The molecule has 3 heterocycles. The highest BCUT2D eigenvalue weighted by atomic mass is 35.5. The van der Waals surface area contributed by atoms with Gasteiger partial charge in [0.25, 0.3) is 5.91 Å². The summed E-state index contributed by atoms with van der Waals surface area (Å²) in [5, 5.41) is 13.2. The molecule has 1 saturated heterocycles. The first-order valence-corrected chi connectivity index (χ1v) is 21.1. The lowest BCUT2D eigenvalue weighted by molar-refractivity contribution is -0.0980. The summed E-state index contributed by atoms with van der Waals surface area (Å²) < 4.78 is 23.5. The van der Waals surface area contributed by atoms with E-state index in [1.807, 2.05) is 25.1 Å². The second-order valence-corrected chi connectivity index (χ2v) is 19.1. The number of halogens is 1. The van der Waals surface area contributed by atoms with E-state index in [-0.39, 0.29) is 28.4 Å². The maximum Gasteiger partial charge on any atom is 0.262 e. The molecule has 2 aromatic rings. The van der Waals surface area contributed by atoms with Crippen molar-refractivity contribution < 1.29 is 18.8 Å². The van der Waals surface area contributed by atoms with Crippen LogP contribution in [0.15, 0.2) is 36.4 Å². The average molecular weight is 710 g/mol. The van der Waals surface area contributed by atoms with Crippen LogP contribution in [0.5, 0.6) is 5.75 Å². The minimum atomic E-state index is -2.92. The fourth-order valence-corrected chi connectivity index (χ4v) is 11.4. The molecule has 49 heavy (non-hydrogen) atoms. The molecule has 2 bridgehead atoms. The maximum absolute atomic E-state index is 13.9. The molecule has 2 aliphatic carbocycles. The van der Waals surface area contributed by atoms with E-state index in [4.69, 9.17) is 16.3 Å². The molecule has 2 fully saturated rings. The largest absolute Gasteiger partial charge is 0.490 e. The number of carbonyl (C=O) groups is 1. The van der Waals surface area contributed by atoms with Crippen molar-refractivity contribution in [3.63, 3.8) is 0 Å². The van der Waals surface area contributed by atoms with Gasteiger partial charge in [-0.15, -0.1) is 0 Å². The molecule has 7 nitrogen and oxygen atoms in total. The molecule has 1 saturated carbocycles. The molecule has 7 rings (SSSR count). The summed E-state index contributed by atoms with van der Waals surface area (Å²) in [7, 11) is -2.92. The van der Waals surface area contributed by atoms with Crippen molar-refractivity contribution in [2.24, 2.45) is 17.8 Å². The van der Waals surface area contributed by atoms with Gasteiger partial charge in [-0.1, -0.05) is 37.4 Å². The van der Waals surface area contributed by atoms with E-state index < -0.39 is 15.3 Å². The second kappa shape index (κ2) is 14.0. The molecule has 0 radical (unpaired) electrons. The van der Waals surface area contributed by atoms with Crippen molar-refractivity contribution in [2.75, 3.05) is 44.2 Å². The number of hydrogen-bond donors (Lipinski definition) is 2. The zero-order valence-electron chi connectivity index (χ0n) is 29.6. The lowest BCUT2D eigenvalue weighted by Crippen LogP contribution is -2.54. The van der Waals surface area contributed by atoms with Gasteiger partial charge in [-0.3, -0.25) is 9.52 Å². The quantitative estimate of drug-likeness (QED) is 0.334. The van der Waals surface area contributed by atoms with Crippen LogP contribution in [0.3, 0.4) is 0 Å². The number of amides is 1. The van der Waals surface area contributed by atoms with Crippen LogP contribution >= 0.6 is 11.6 Å². The summed E-state index contributed by atoms with van der Waals surface area (Å²) in [6.45, 7) is 9.35. The van der Waals surface area contributed by atoms with Crippen molar-refractivity contribution in [1.29, 1.82) is 0 Å². The number of anilines is 1. The molecule has 9 heteroatoms. The molecular weight excluding hydrogens is 654 g/mol. The Morgan fingerprint density at radius 1 is 1.04 bits per heavy atom. The van der Waals surface area contributed by atoms with Crippen LogP contribution in [0.1, 0.15) is 106 Å². The van der Waals surface area contributed by atoms with Crippen molar-refractivity contribution in [3.05, 3.63) is 58.1 Å². The molecule has 2 N–H and O–H groups in total. The molecule has 5 aliphatic rings. The van der Waals surface area contributed by atoms with E-state index in [1.165, 1.54) is 30.4 Å². The summed E-state index contributed by atoms with van der Waals surface area (Å²) in [6.07, 6.45) is 12.2. The number of hydrogen-bond acceptors (Lipinski definition) is 6. The van der Waals surface area contributed by atoms with Crippen molar-refractivity contribution in [2.45, 2.75) is 107 Å². The first kappa shape index (κ1) is 35.2. The highest BCUT2D eigenvalue weighted by molar-refractivity contribution is 7.99. The van der Waals surface area contributed by atoms with Crippen molar-refractivity contribution in [3.8, 4) is 5.75 Å². The van der Waals surface area contributed by atoms with E-state index in [0.29, 0.717) is 18.1 Å². The predicted octanol–water partition coefficient (Wildman–Crippen LogP) is 7.02. The number of ether oxygens (including phenoxy) is 1. The number of nitrogens with zero attached hydrogens (tertiary/aromatic N) is 2. The van der Waals surface area contributed by atoms with Crippen LogP contribution in [-0.2, 0) is 21.5 Å². The minimum Gasteiger partial charge on any atom is -0.490 e. The Labute approximate surface area is 299 Å². The normalized spacial score (nSPS) is 35.7. The first-order valence-electron chi connectivity index (χ1n) is 18.9. The lowest BCUT2D eigenvalue weighted by atomic mass is 9.62. The van der Waals surface area contributed by atoms with E-state index >= 15 is 0 Å². The zero-order valence-corrected chi connectivity index (χ0v) is 31.1. The van der Waals surface area contributed by atoms with Crippen LogP contribution in [0.2, 0.25) is 5.02 Å². The number of aryl methyl sites for hydroxylation is 1. The predicted molar refractivity (Wildman–Crippen MR) is 201 cm³/mol. The van der Waals surface area contributed by atoms with E-state index in [0.717, 1.165) is 107 Å². The topological polar surface area (TPSA) is 82.1 Å². The van der Waals surface area contributed by atoms with E-state index in [2.05, 4.69) is 39.4 Å². The number of fused-ring (bicyclic) bond motifs is 4. The third-order valence-corrected chi connectivity index (χ3v) is 15.5. The smallest absolute Gasteiger partial charge is 0.262 e. The lowest BCUT2D eigenvalue weighted by Gasteiger charge is -2.51.